The lowest BCUT2D eigenvalue weighted by Crippen LogP contribution is -2.16. The minimum absolute atomic E-state index is 0.261. The molecule has 0 unspecified atom stereocenters. The van der Waals surface area contributed by atoms with Crippen LogP contribution in [0.25, 0.3) is 0 Å². The molecular formula is C18H18N4O. The maximum absolute atomic E-state index is 11.6. The third kappa shape index (κ3) is 3.58. The molecule has 0 bridgehead atoms. The van der Waals surface area contributed by atoms with Crippen LogP contribution in [-0.4, -0.2) is 15.5 Å². The predicted molar refractivity (Wildman–Crippen MR) is 90.1 cm³/mol. The van der Waals surface area contributed by atoms with E-state index in [2.05, 4.69) is 10.3 Å². The smallest absolute Gasteiger partial charge is 0.271 e. The molecule has 0 aliphatic heterocycles. The van der Waals surface area contributed by atoms with Gasteiger partial charge in [0, 0.05) is 6.54 Å². The second-order valence-electron chi connectivity index (χ2n) is 5.26. The SMILES string of the molecule is NC(=O)c1ncn(Cc2ccccc2)c1NCc1ccccc1. The van der Waals surface area contributed by atoms with Crippen LogP contribution in [0.3, 0.4) is 0 Å². The molecule has 1 heterocycles. The van der Waals surface area contributed by atoms with Gasteiger partial charge >= 0.3 is 0 Å². The van der Waals surface area contributed by atoms with Gasteiger partial charge in [0.05, 0.1) is 12.9 Å². The Morgan fingerprint density at radius 3 is 2.22 bits per heavy atom. The van der Waals surface area contributed by atoms with Crippen molar-refractivity contribution in [2.24, 2.45) is 5.73 Å². The number of nitrogens with zero attached hydrogens (tertiary/aromatic N) is 2. The van der Waals surface area contributed by atoms with Gasteiger partial charge in [-0.15, -0.1) is 0 Å². The minimum atomic E-state index is -0.535. The van der Waals surface area contributed by atoms with Gasteiger partial charge in [-0.05, 0) is 11.1 Å². The Kier molecular flexibility index (Phi) is 4.38. The highest BCUT2D eigenvalue weighted by molar-refractivity contribution is 5.95. The second kappa shape index (κ2) is 6.79. The van der Waals surface area contributed by atoms with E-state index in [1.807, 2.05) is 65.2 Å². The third-order valence-electron chi connectivity index (χ3n) is 3.57. The highest BCUT2D eigenvalue weighted by atomic mass is 16.1. The Balaban J connectivity index is 1.84. The van der Waals surface area contributed by atoms with Crippen molar-refractivity contribution in [2.75, 3.05) is 5.32 Å². The van der Waals surface area contributed by atoms with Crippen LogP contribution in [0.5, 0.6) is 0 Å². The zero-order valence-electron chi connectivity index (χ0n) is 12.6. The summed E-state index contributed by atoms with van der Waals surface area (Å²) < 4.78 is 1.90. The van der Waals surface area contributed by atoms with Gasteiger partial charge in [0.1, 0.15) is 5.82 Å². The lowest BCUT2D eigenvalue weighted by atomic mass is 10.2. The zero-order valence-corrected chi connectivity index (χ0v) is 12.6. The third-order valence-corrected chi connectivity index (χ3v) is 3.57. The molecule has 5 nitrogen and oxygen atoms in total. The number of anilines is 1. The molecule has 0 aliphatic carbocycles. The van der Waals surface area contributed by atoms with E-state index in [4.69, 9.17) is 5.73 Å². The monoisotopic (exact) mass is 306 g/mol. The number of benzene rings is 2. The molecule has 0 radical (unpaired) electrons. The summed E-state index contributed by atoms with van der Waals surface area (Å²) in [7, 11) is 0. The van der Waals surface area contributed by atoms with Gasteiger partial charge in [0.2, 0.25) is 0 Å². The fraction of sp³-hybridized carbons (Fsp3) is 0.111. The fourth-order valence-electron chi connectivity index (χ4n) is 2.43. The molecule has 5 heteroatoms. The number of nitrogens with two attached hydrogens (primary N) is 1. The maximum Gasteiger partial charge on any atom is 0.271 e. The first-order valence-electron chi connectivity index (χ1n) is 7.40. The molecule has 3 aromatic rings. The predicted octanol–water partition coefficient (Wildman–Crippen LogP) is 2.64. The van der Waals surface area contributed by atoms with E-state index in [1.54, 1.807) is 6.33 Å². The highest BCUT2D eigenvalue weighted by Gasteiger charge is 2.15. The molecule has 0 spiro atoms. The number of hydrogen-bond acceptors (Lipinski definition) is 3. The number of nitrogens with one attached hydrogen (secondary N) is 1. The van der Waals surface area contributed by atoms with Crippen molar-refractivity contribution in [3.8, 4) is 0 Å². The number of primary amides is 1. The summed E-state index contributed by atoms with van der Waals surface area (Å²) in [4.78, 5) is 15.8. The number of rotatable bonds is 6. The minimum Gasteiger partial charge on any atom is -0.365 e. The lowest BCUT2D eigenvalue weighted by molar-refractivity contribution is 0.0997. The standard InChI is InChI=1S/C18H18N4O/c19-17(23)16-18(20-11-14-7-3-1-4-8-14)22(13-21-16)12-15-9-5-2-6-10-15/h1-10,13,20H,11-12H2,(H2,19,23). The average Bonchev–Trinajstić information content (AvgIpc) is 2.98. The number of carbonyl (C=O) groups is 1. The summed E-state index contributed by atoms with van der Waals surface area (Å²) in [5.74, 6) is 0.109. The number of hydrogen-bond donors (Lipinski definition) is 2. The van der Waals surface area contributed by atoms with Gasteiger partial charge < -0.3 is 15.6 Å². The first-order valence-corrected chi connectivity index (χ1v) is 7.40. The number of carbonyl (C=O) groups excluding carboxylic acids is 1. The van der Waals surface area contributed by atoms with Crippen LogP contribution in [0.2, 0.25) is 0 Å². The Bertz CT molecular complexity index is 781. The maximum atomic E-state index is 11.6. The fourth-order valence-corrected chi connectivity index (χ4v) is 2.43. The van der Waals surface area contributed by atoms with Crippen LogP contribution in [0, 0.1) is 0 Å². The van der Waals surface area contributed by atoms with Crippen molar-refractivity contribution in [3.05, 3.63) is 83.8 Å². The Hall–Kier alpha value is -3.08. The van der Waals surface area contributed by atoms with Crippen molar-refractivity contribution < 1.29 is 4.79 Å². The van der Waals surface area contributed by atoms with E-state index in [9.17, 15) is 4.79 Å². The van der Waals surface area contributed by atoms with Crippen molar-refractivity contribution in [2.45, 2.75) is 13.1 Å². The molecule has 2 aromatic carbocycles. The Morgan fingerprint density at radius 2 is 1.61 bits per heavy atom. The van der Waals surface area contributed by atoms with Gasteiger partial charge in [-0.25, -0.2) is 4.98 Å². The van der Waals surface area contributed by atoms with Gasteiger partial charge in [-0.2, -0.15) is 0 Å². The van der Waals surface area contributed by atoms with Crippen LogP contribution in [-0.2, 0) is 13.1 Å². The highest BCUT2D eigenvalue weighted by Crippen LogP contribution is 2.17. The molecule has 0 atom stereocenters. The number of imidazole rings is 1. The molecule has 0 aliphatic rings. The molecule has 0 saturated heterocycles. The van der Waals surface area contributed by atoms with Gasteiger partial charge in [-0.1, -0.05) is 60.7 Å². The summed E-state index contributed by atoms with van der Waals surface area (Å²) in [6, 6.07) is 20.0. The van der Waals surface area contributed by atoms with E-state index in [0.717, 1.165) is 11.1 Å². The molecule has 116 valence electrons. The summed E-state index contributed by atoms with van der Waals surface area (Å²) in [6.07, 6.45) is 1.64. The molecule has 0 fully saturated rings. The quantitative estimate of drug-likeness (QED) is 0.735. The molecule has 3 rings (SSSR count). The number of aromatic nitrogens is 2. The number of amides is 1. The van der Waals surface area contributed by atoms with Gasteiger partial charge in [0.15, 0.2) is 5.69 Å². The molecule has 1 aromatic heterocycles. The summed E-state index contributed by atoms with van der Waals surface area (Å²) in [5, 5.41) is 3.28. The van der Waals surface area contributed by atoms with Crippen LogP contribution in [0.1, 0.15) is 21.6 Å². The molecule has 0 saturated carbocycles. The Morgan fingerprint density at radius 1 is 1.00 bits per heavy atom. The molecule has 23 heavy (non-hydrogen) atoms. The first-order chi connectivity index (χ1) is 11.2. The normalized spacial score (nSPS) is 10.4. The summed E-state index contributed by atoms with van der Waals surface area (Å²) in [5.41, 5.74) is 7.95. The van der Waals surface area contributed by atoms with Crippen molar-refractivity contribution in [3.63, 3.8) is 0 Å². The molecular weight excluding hydrogens is 288 g/mol. The Labute approximate surface area is 134 Å². The topological polar surface area (TPSA) is 72.9 Å². The van der Waals surface area contributed by atoms with E-state index >= 15 is 0 Å². The first kappa shape index (κ1) is 14.8. The molecule has 3 N–H and O–H groups in total. The van der Waals surface area contributed by atoms with E-state index in [1.165, 1.54) is 0 Å². The summed E-state index contributed by atoms with van der Waals surface area (Å²) >= 11 is 0. The van der Waals surface area contributed by atoms with Crippen molar-refractivity contribution in [1.29, 1.82) is 0 Å². The summed E-state index contributed by atoms with van der Waals surface area (Å²) in [6.45, 7) is 1.22. The second-order valence-corrected chi connectivity index (χ2v) is 5.26. The van der Waals surface area contributed by atoms with Gasteiger partial charge in [-0.3, -0.25) is 4.79 Å². The van der Waals surface area contributed by atoms with Crippen LogP contribution in [0.15, 0.2) is 67.0 Å². The van der Waals surface area contributed by atoms with Crippen LogP contribution < -0.4 is 11.1 Å². The van der Waals surface area contributed by atoms with Gasteiger partial charge in [0.25, 0.3) is 5.91 Å². The van der Waals surface area contributed by atoms with Crippen molar-refractivity contribution in [1.82, 2.24) is 9.55 Å². The molecule has 1 amide bonds. The zero-order chi connectivity index (χ0) is 16.1. The van der Waals surface area contributed by atoms with Crippen molar-refractivity contribution >= 4 is 11.7 Å². The lowest BCUT2D eigenvalue weighted by Gasteiger charge is -2.12. The van der Waals surface area contributed by atoms with E-state index in [0.29, 0.717) is 18.9 Å². The van der Waals surface area contributed by atoms with E-state index in [-0.39, 0.29) is 5.69 Å². The van der Waals surface area contributed by atoms with Crippen LogP contribution in [0.4, 0.5) is 5.82 Å². The van der Waals surface area contributed by atoms with E-state index < -0.39 is 5.91 Å². The largest absolute Gasteiger partial charge is 0.365 e. The average molecular weight is 306 g/mol. The van der Waals surface area contributed by atoms with Crippen LogP contribution >= 0.6 is 0 Å².